The van der Waals surface area contributed by atoms with Gasteiger partial charge in [-0.1, -0.05) is 18.6 Å². The van der Waals surface area contributed by atoms with E-state index in [1.165, 1.54) is 7.11 Å². The first-order valence-corrected chi connectivity index (χ1v) is 6.22. The number of benzene rings is 1. The molecular weight excluding hydrogens is 228 g/mol. The molecule has 0 aliphatic heterocycles. The molecule has 1 aromatic carbocycles. The minimum atomic E-state index is -0.920. The van der Waals surface area contributed by atoms with Gasteiger partial charge in [0.05, 0.1) is 7.11 Å². The zero-order valence-corrected chi connectivity index (χ0v) is 11.1. The van der Waals surface area contributed by atoms with Crippen LogP contribution in [-0.2, 0) is 9.53 Å². The van der Waals surface area contributed by atoms with Crippen molar-refractivity contribution in [2.24, 2.45) is 5.41 Å². The molecule has 1 fully saturated rings. The number of rotatable bonds is 3. The van der Waals surface area contributed by atoms with Gasteiger partial charge in [0.2, 0.25) is 0 Å². The Balaban J connectivity index is 2.35. The average Bonchev–Trinajstić information content (AvgIpc) is 2.30. The van der Waals surface area contributed by atoms with E-state index in [-0.39, 0.29) is 5.78 Å². The van der Waals surface area contributed by atoms with Crippen LogP contribution >= 0.6 is 0 Å². The molecule has 96 valence electrons. The molecule has 1 aliphatic rings. The van der Waals surface area contributed by atoms with Gasteiger partial charge in [0.1, 0.15) is 5.41 Å². The predicted octanol–water partition coefficient (Wildman–Crippen LogP) is 2.83. The van der Waals surface area contributed by atoms with Crippen molar-refractivity contribution in [1.82, 2.24) is 0 Å². The van der Waals surface area contributed by atoms with Gasteiger partial charge in [-0.3, -0.25) is 9.59 Å². The van der Waals surface area contributed by atoms with Crippen LogP contribution in [0.1, 0.15) is 40.7 Å². The van der Waals surface area contributed by atoms with E-state index in [4.69, 9.17) is 4.74 Å². The van der Waals surface area contributed by atoms with Gasteiger partial charge in [0, 0.05) is 5.56 Å². The van der Waals surface area contributed by atoms with Gasteiger partial charge in [-0.25, -0.2) is 0 Å². The van der Waals surface area contributed by atoms with Gasteiger partial charge >= 0.3 is 5.97 Å². The van der Waals surface area contributed by atoms with Crippen molar-refractivity contribution in [3.63, 3.8) is 0 Å². The molecule has 2 rings (SSSR count). The first-order valence-electron chi connectivity index (χ1n) is 6.22. The summed E-state index contributed by atoms with van der Waals surface area (Å²) in [7, 11) is 1.34. The summed E-state index contributed by atoms with van der Waals surface area (Å²) in [6.07, 6.45) is 2.11. The second-order valence-corrected chi connectivity index (χ2v) is 5.06. The number of Topliss-reactive ketones (excluding diaryl/α,β-unsaturated/α-hetero) is 1. The van der Waals surface area contributed by atoms with Gasteiger partial charge in [-0.05, 0) is 43.9 Å². The molecule has 0 saturated heterocycles. The van der Waals surface area contributed by atoms with Crippen molar-refractivity contribution in [1.29, 1.82) is 0 Å². The third-order valence-corrected chi connectivity index (χ3v) is 3.99. The number of esters is 1. The summed E-state index contributed by atoms with van der Waals surface area (Å²) in [5.41, 5.74) is 1.91. The molecule has 0 aromatic heterocycles. The van der Waals surface area contributed by atoms with Gasteiger partial charge in [0.25, 0.3) is 0 Å². The molecule has 3 nitrogen and oxygen atoms in total. The molecule has 0 bridgehead atoms. The summed E-state index contributed by atoms with van der Waals surface area (Å²) < 4.78 is 4.79. The lowest BCUT2D eigenvalue weighted by Gasteiger charge is -2.37. The fourth-order valence-corrected chi connectivity index (χ4v) is 2.41. The van der Waals surface area contributed by atoms with Crippen LogP contribution in [0.5, 0.6) is 0 Å². The minimum Gasteiger partial charge on any atom is -0.468 e. The summed E-state index contributed by atoms with van der Waals surface area (Å²) in [6, 6.07) is 5.58. The van der Waals surface area contributed by atoms with Crippen LogP contribution in [0.15, 0.2) is 18.2 Å². The number of methoxy groups -OCH3 is 1. The van der Waals surface area contributed by atoms with Crippen LogP contribution in [0, 0.1) is 19.3 Å². The zero-order valence-electron chi connectivity index (χ0n) is 11.1. The Morgan fingerprint density at radius 3 is 2.28 bits per heavy atom. The summed E-state index contributed by atoms with van der Waals surface area (Å²) in [5, 5.41) is 0. The highest BCUT2D eigenvalue weighted by atomic mass is 16.5. The Labute approximate surface area is 107 Å². The molecule has 0 unspecified atom stereocenters. The number of carbonyl (C=O) groups is 2. The Kier molecular flexibility index (Phi) is 3.24. The van der Waals surface area contributed by atoms with Crippen LogP contribution in [-0.4, -0.2) is 18.9 Å². The number of hydrogen-bond donors (Lipinski definition) is 0. The lowest BCUT2D eigenvalue weighted by Crippen LogP contribution is -2.46. The average molecular weight is 246 g/mol. The van der Waals surface area contributed by atoms with Gasteiger partial charge < -0.3 is 4.74 Å². The quantitative estimate of drug-likeness (QED) is 0.468. The Morgan fingerprint density at radius 2 is 1.83 bits per heavy atom. The highest BCUT2D eigenvalue weighted by molar-refractivity contribution is 6.13. The molecule has 3 heteroatoms. The number of hydrogen-bond acceptors (Lipinski definition) is 3. The maximum Gasteiger partial charge on any atom is 0.319 e. The van der Waals surface area contributed by atoms with Crippen LogP contribution in [0.25, 0.3) is 0 Å². The number of aryl methyl sites for hydroxylation is 2. The normalized spacial score (nSPS) is 16.8. The molecule has 1 saturated carbocycles. The van der Waals surface area contributed by atoms with Crippen LogP contribution in [0.3, 0.4) is 0 Å². The molecule has 0 atom stereocenters. The third-order valence-electron chi connectivity index (χ3n) is 3.99. The van der Waals surface area contributed by atoms with E-state index in [9.17, 15) is 9.59 Å². The zero-order chi connectivity index (χ0) is 13.3. The van der Waals surface area contributed by atoms with Gasteiger partial charge in [-0.2, -0.15) is 0 Å². The van der Waals surface area contributed by atoms with Crippen molar-refractivity contribution in [2.75, 3.05) is 7.11 Å². The van der Waals surface area contributed by atoms with E-state index in [1.807, 2.05) is 26.0 Å². The first-order chi connectivity index (χ1) is 8.51. The second kappa shape index (κ2) is 4.56. The Hall–Kier alpha value is -1.64. The number of carbonyl (C=O) groups excluding carboxylic acids is 2. The Morgan fingerprint density at radius 1 is 1.17 bits per heavy atom. The van der Waals surface area contributed by atoms with Gasteiger partial charge in [0.15, 0.2) is 5.78 Å². The molecule has 0 amide bonds. The van der Waals surface area contributed by atoms with Crippen LogP contribution in [0.4, 0.5) is 0 Å². The lowest BCUT2D eigenvalue weighted by atomic mass is 9.64. The molecule has 1 aromatic rings. The van der Waals surface area contributed by atoms with Crippen molar-refractivity contribution < 1.29 is 14.3 Å². The monoisotopic (exact) mass is 246 g/mol. The van der Waals surface area contributed by atoms with E-state index in [0.29, 0.717) is 18.4 Å². The third kappa shape index (κ3) is 1.84. The van der Waals surface area contributed by atoms with Crippen molar-refractivity contribution in [2.45, 2.75) is 33.1 Å². The SMILES string of the molecule is COC(=O)C1(C(=O)c2ccc(C)c(C)c2)CCC1. The molecular formula is C15H18O3. The molecule has 0 N–H and O–H groups in total. The maximum atomic E-state index is 12.5. The Bertz CT molecular complexity index is 498. The van der Waals surface area contributed by atoms with Crippen LogP contribution < -0.4 is 0 Å². The first kappa shape index (κ1) is 12.8. The van der Waals surface area contributed by atoms with Gasteiger partial charge in [-0.15, -0.1) is 0 Å². The summed E-state index contributed by atoms with van der Waals surface area (Å²) in [6.45, 7) is 3.97. The van der Waals surface area contributed by atoms with Crippen molar-refractivity contribution in [3.8, 4) is 0 Å². The minimum absolute atomic E-state index is 0.0938. The van der Waals surface area contributed by atoms with E-state index < -0.39 is 11.4 Å². The summed E-state index contributed by atoms with van der Waals surface area (Å²) >= 11 is 0. The number of ketones is 1. The predicted molar refractivity (Wildman–Crippen MR) is 68.5 cm³/mol. The van der Waals surface area contributed by atoms with Crippen molar-refractivity contribution in [3.05, 3.63) is 34.9 Å². The highest BCUT2D eigenvalue weighted by Gasteiger charge is 2.51. The molecule has 18 heavy (non-hydrogen) atoms. The highest BCUT2D eigenvalue weighted by Crippen LogP contribution is 2.44. The topological polar surface area (TPSA) is 43.4 Å². The maximum absolute atomic E-state index is 12.5. The molecule has 0 radical (unpaired) electrons. The summed E-state index contributed by atoms with van der Waals surface area (Å²) in [5.74, 6) is -0.485. The van der Waals surface area contributed by atoms with Crippen LogP contribution in [0.2, 0.25) is 0 Å². The van der Waals surface area contributed by atoms with E-state index >= 15 is 0 Å². The smallest absolute Gasteiger partial charge is 0.319 e. The lowest BCUT2D eigenvalue weighted by molar-refractivity contribution is -0.153. The molecule has 0 heterocycles. The molecule has 0 spiro atoms. The largest absolute Gasteiger partial charge is 0.468 e. The van der Waals surface area contributed by atoms with E-state index in [0.717, 1.165) is 17.5 Å². The van der Waals surface area contributed by atoms with Crippen molar-refractivity contribution >= 4 is 11.8 Å². The number of ether oxygens (including phenoxy) is 1. The van der Waals surface area contributed by atoms with E-state index in [1.54, 1.807) is 6.07 Å². The van der Waals surface area contributed by atoms with E-state index in [2.05, 4.69) is 0 Å². The standard InChI is InChI=1S/C15H18O3/c1-10-5-6-12(9-11(10)2)13(16)15(7-4-8-15)14(17)18-3/h5-6,9H,4,7-8H2,1-3H3. The fraction of sp³-hybridized carbons (Fsp3) is 0.467. The fourth-order valence-electron chi connectivity index (χ4n) is 2.41. The molecule has 1 aliphatic carbocycles. The summed E-state index contributed by atoms with van der Waals surface area (Å²) in [4.78, 5) is 24.4. The second-order valence-electron chi connectivity index (χ2n) is 5.06.